The number of halogens is 2. The zero-order chi connectivity index (χ0) is 20.5. The average molecular weight is 428 g/mol. The van der Waals surface area contributed by atoms with E-state index < -0.39 is 9.84 Å². The first-order chi connectivity index (χ1) is 13.2. The summed E-state index contributed by atoms with van der Waals surface area (Å²) in [5.74, 6) is -0.540. The number of nitrogens with zero attached hydrogens (tertiary/aromatic N) is 3. The van der Waals surface area contributed by atoms with E-state index >= 15 is 0 Å². The van der Waals surface area contributed by atoms with Gasteiger partial charge in [0.15, 0.2) is 9.84 Å². The molecule has 9 heteroatoms. The minimum atomic E-state index is -3.11. The Hall–Kier alpha value is -1.93. The molecular formula is C19H23ClFN3O3S. The number of carbonyl (C=O) groups is 1. The summed E-state index contributed by atoms with van der Waals surface area (Å²) < 4.78 is 38.3. The third-order valence-corrected chi connectivity index (χ3v) is 7.03. The third-order valence-electron chi connectivity index (χ3n) is 4.90. The summed E-state index contributed by atoms with van der Waals surface area (Å²) in [6.07, 6.45) is 1.15. The van der Waals surface area contributed by atoms with Crippen molar-refractivity contribution in [3.63, 3.8) is 0 Å². The Morgan fingerprint density at radius 2 is 2.04 bits per heavy atom. The molecule has 2 aromatic rings. The first kappa shape index (κ1) is 20.8. The average Bonchev–Trinajstić information content (AvgIpc) is 3.13. The second-order valence-electron chi connectivity index (χ2n) is 7.09. The highest BCUT2D eigenvalue weighted by atomic mass is 35.5. The van der Waals surface area contributed by atoms with Gasteiger partial charge in [0.25, 0.3) is 5.91 Å². The van der Waals surface area contributed by atoms with Crippen molar-refractivity contribution in [1.82, 2.24) is 14.7 Å². The monoisotopic (exact) mass is 427 g/mol. The number of amides is 1. The summed E-state index contributed by atoms with van der Waals surface area (Å²) in [5.41, 5.74) is 1.58. The van der Waals surface area contributed by atoms with Crippen molar-refractivity contribution in [2.24, 2.45) is 0 Å². The topological polar surface area (TPSA) is 72.3 Å². The number of aryl methyl sites for hydroxylation is 1. The van der Waals surface area contributed by atoms with E-state index in [-0.39, 0.29) is 34.4 Å². The number of hydrogen-bond donors (Lipinski definition) is 0. The summed E-state index contributed by atoms with van der Waals surface area (Å²) in [7, 11) is -3.11. The first-order valence-corrected chi connectivity index (χ1v) is 11.4. The molecule has 28 heavy (non-hydrogen) atoms. The summed E-state index contributed by atoms with van der Waals surface area (Å²) in [6.45, 7) is 4.41. The van der Waals surface area contributed by atoms with E-state index in [9.17, 15) is 17.6 Å². The van der Waals surface area contributed by atoms with Crippen molar-refractivity contribution < 1.29 is 17.6 Å². The zero-order valence-corrected chi connectivity index (χ0v) is 17.4. The van der Waals surface area contributed by atoms with Gasteiger partial charge in [-0.3, -0.25) is 4.79 Å². The molecule has 6 nitrogen and oxygen atoms in total. The van der Waals surface area contributed by atoms with E-state index in [4.69, 9.17) is 11.6 Å². The lowest BCUT2D eigenvalue weighted by atomic mass is 10.1. The molecule has 0 spiro atoms. The molecule has 1 aliphatic rings. The van der Waals surface area contributed by atoms with Gasteiger partial charge in [0.1, 0.15) is 11.0 Å². The molecular weight excluding hydrogens is 405 g/mol. The molecule has 1 aromatic heterocycles. The third kappa shape index (κ3) is 4.38. The van der Waals surface area contributed by atoms with E-state index in [0.29, 0.717) is 37.2 Å². The van der Waals surface area contributed by atoms with Crippen LogP contribution in [0.4, 0.5) is 4.39 Å². The Morgan fingerprint density at radius 3 is 2.61 bits per heavy atom. The van der Waals surface area contributed by atoms with E-state index in [0.717, 1.165) is 5.56 Å². The van der Waals surface area contributed by atoms with Crippen LogP contribution in [0, 0.1) is 12.7 Å². The van der Waals surface area contributed by atoms with Crippen molar-refractivity contribution in [2.45, 2.75) is 39.3 Å². The highest BCUT2D eigenvalue weighted by molar-refractivity contribution is 7.91. The van der Waals surface area contributed by atoms with Gasteiger partial charge in [-0.05, 0) is 37.5 Å². The molecule has 0 radical (unpaired) electrons. The second-order valence-corrected chi connectivity index (χ2v) is 9.68. The fourth-order valence-corrected chi connectivity index (χ4v) is 5.57. The van der Waals surface area contributed by atoms with Gasteiger partial charge in [0, 0.05) is 12.6 Å². The lowest BCUT2D eigenvalue weighted by Crippen LogP contribution is -2.41. The van der Waals surface area contributed by atoms with Crippen LogP contribution in [-0.2, 0) is 16.4 Å². The summed E-state index contributed by atoms with van der Waals surface area (Å²) in [5, 5.41) is 4.57. The van der Waals surface area contributed by atoms with Gasteiger partial charge in [-0.2, -0.15) is 5.10 Å². The van der Waals surface area contributed by atoms with Crippen LogP contribution in [0.15, 0.2) is 24.3 Å². The zero-order valence-electron chi connectivity index (χ0n) is 15.9. The summed E-state index contributed by atoms with van der Waals surface area (Å²) in [6, 6.07) is 5.64. The highest BCUT2D eigenvalue weighted by Gasteiger charge is 2.36. The Bertz CT molecular complexity index is 973. The molecule has 1 saturated heterocycles. The van der Waals surface area contributed by atoms with Crippen molar-refractivity contribution in [3.8, 4) is 0 Å². The maximum absolute atomic E-state index is 13.2. The van der Waals surface area contributed by atoms with Crippen molar-refractivity contribution in [3.05, 3.63) is 52.1 Å². The van der Waals surface area contributed by atoms with Crippen LogP contribution in [0.3, 0.4) is 0 Å². The number of hydrogen-bond acceptors (Lipinski definition) is 4. The molecule has 2 heterocycles. The molecule has 1 aliphatic heterocycles. The minimum Gasteiger partial charge on any atom is -0.334 e. The molecule has 1 unspecified atom stereocenters. The Morgan fingerprint density at radius 1 is 1.36 bits per heavy atom. The van der Waals surface area contributed by atoms with Crippen LogP contribution < -0.4 is 0 Å². The van der Waals surface area contributed by atoms with Gasteiger partial charge in [0.2, 0.25) is 0 Å². The number of rotatable bonds is 6. The van der Waals surface area contributed by atoms with Crippen LogP contribution in [-0.4, -0.2) is 53.1 Å². The van der Waals surface area contributed by atoms with Crippen molar-refractivity contribution in [1.29, 1.82) is 0 Å². The number of aromatic nitrogens is 2. The van der Waals surface area contributed by atoms with Crippen LogP contribution in [0.2, 0.25) is 5.15 Å². The Balaban J connectivity index is 1.87. The van der Waals surface area contributed by atoms with Gasteiger partial charge in [-0.15, -0.1) is 0 Å². The molecule has 0 aliphatic carbocycles. The molecule has 0 bridgehead atoms. The van der Waals surface area contributed by atoms with E-state index in [2.05, 4.69) is 5.10 Å². The predicted octanol–water partition coefficient (Wildman–Crippen LogP) is 3.07. The normalized spacial score (nSPS) is 18.4. The maximum atomic E-state index is 13.2. The fourth-order valence-electron chi connectivity index (χ4n) is 3.52. The molecule has 1 fully saturated rings. The Kier molecular flexibility index (Phi) is 6.09. The second kappa shape index (κ2) is 8.21. The minimum absolute atomic E-state index is 0.0148. The molecule has 3 rings (SSSR count). The van der Waals surface area contributed by atoms with E-state index in [1.165, 1.54) is 16.8 Å². The van der Waals surface area contributed by atoms with Gasteiger partial charge in [-0.1, -0.05) is 30.7 Å². The predicted molar refractivity (Wildman–Crippen MR) is 106 cm³/mol. The van der Waals surface area contributed by atoms with Gasteiger partial charge < -0.3 is 4.90 Å². The van der Waals surface area contributed by atoms with Crippen molar-refractivity contribution in [2.75, 3.05) is 18.1 Å². The molecule has 152 valence electrons. The fraction of sp³-hybridized carbons (Fsp3) is 0.474. The Labute approximate surface area is 169 Å². The number of carbonyl (C=O) groups excluding carboxylic acids is 1. The van der Waals surface area contributed by atoms with Crippen LogP contribution >= 0.6 is 11.6 Å². The summed E-state index contributed by atoms with van der Waals surface area (Å²) in [4.78, 5) is 14.8. The lowest BCUT2D eigenvalue weighted by Gasteiger charge is -2.28. The SMILES string of the molecule is CCCN(C(=O)c1c(C)nn(Cc2ccc(F)cc2)c1Cl)C1CCS(=O)(=O)C1. The number of sulfone groups is 1. The van der Waals surface area contributed by atoms with Gasteiger partial charge in [0.05, 0.1) is 29.3 Å². The van der Waals surface area contributed by atoms with Crippen LogP contribution in [0.5, 0.6) is 0 Å². The lowest BCUT2D eigenvalue weighted by molar-refractivity contribution is 0.0696. The van der Waals surface area contributed by atoms with Gasteiger partial charge in [-0.25, -0.2) is 17.5 Å². The quantitative estimate of drug-likeness (QED) is 0.710. The molecule has 1 amide bonds. The smallest absolute Gasteiger partial charge is 0.259 e. The summed E-state index contributed by atoms with van der Waals surface area (Å²) >= 11 is 6.47. The van der Waals surface area contributed by atoms with Crippen LogP contribution in [0.1, 0.15) is 41.4 Å². The molecule has 0 N–H and O–H groups in total. The highest BCUT2D eigenvalue weighted by Crippen LogP contribution is 2.26. The molecule has 1 aromatic carbocycles. The van der Waals surface area contributed by atoms with Gasteiger partial charge >= 0.3 is 0 Å². The van der Waals surface area contributed by atoms with E-state index in [1.54, 1.807) is 24.0 Å². The van der Waals surface area contributed by atoms with Crippen molar-refractivity contribution >= 4 is 27.3 Å². The molecule has 0 saturated carbocycles. The first-order valence-electron chi connectivity index (χ1n) is 9.20. The number of benzene rings is 1. The van der Waals surface area contributed by atoms with E-state index in [1.807, 2.05) is 6.92 Å². The van der Waals surface area contributed by atoms with Crippen LogP contribution in [0.25, 0.3) is 0 Å². The standard InChI is InChI=1S/C19H23ClFN3O3S/c1-3-9-23(16-8-10-28(26,27)12-16)19(25)17-13(2)22-24(18(17)20)11-14-4-6-15(21)7-5-14/h4-7,16H,3,8-12H2,1-2H3. The largest absolute Gasteiger partial charge is 0.334 e. The maximum Gasteiger partial charge on any atom is 0.259 e. The molecule has 1 atom stereocenters.